The summed E-state index contributed by atoms with van der Waals surface area (Å²) in [5, 5.41) is 22.5. The molecule has 0 unspecified atom stereocenters. The number of thiophene rings is 1. The van der Waals surface area contributed by atoms with E-state index in [4.69, 9.17) is 0 Å². The first-order chi connectivity index (χ1) is 10.6. The molecule has 1 aliphatic carbocycles. The molecule has 1 saturated carbocycles. The number of nitrogens with zero attached hydrogens (tertiary/aromatic N) is 1. The Morgan fingerprint density at radius 2 is 2.32 bits per heavy atom. The molecule has 2 heterocycles. The van der Waals surface area contributed by atoms with Gasteiger partial charge in [0.05, 0.1) is 22.8 Å². The average Bonchev–Trinajstić information content (AvgIpc) is 3.03. The zero-order chi connectivity index (χ0) is 15.5. The van der Waals surface area contributed by atoms with E-state index in [0.29, 0.717) is 5.92 Å². The molecule has 2 amide bonds. The van der Waals surface area contributed by atoms with Gasteiger partial charge in [0, 0.05) is 17.8 Å². The Balaban J connectivity index is 1.46. The highest BCUT2D eigenvalue weighted by Crippen LogP contribution is 2.41. The van der Waals surface area contributed by atoms with E-state index >= 15 is 0 Å². The van der Waals surface area contributed by atoms with E-state index in [1.54, 1.807) is 11.3 Å². The van der Waals surface area contributed by atoms with E-state index in [-0.39, 0.29) is 18.6 Å². The SMILES string of the molecule is C[C@H](NC(=O)NC[C@@H](O)c1ccsc1)c1csc(C2CC2)n1. The highest BCUT2D eigenvalue weighted by Gasteiger charge is 2.27. The lowest BCUT2D eigenvalue weighted by Gasteiger charge is -2.14. The van der Waals surface area contributed by atoms with Crippen molar-refractivity contribution in [3.05, 3.63) is 38.5 Å². The van der Waals surface area contributed by atoms with Crippen LogP contribution in [0.1, 0.15) is 54.1 Å². The molecule has 3 rings (SSSR count). The van der Waals surface area contributed by atoms with E-state index in [0.717, 1.165) is 11.3 Å². The van der Waals surface area contributed by atoms with Gasteiger partial charge in [-0.2, -0.15) is 11.3 Å². The molecule has 3 N–H and O–H groups in total. The molecule has 0 saturated heterocycles. The van der Waals surface area contributed by atoms with Crippen molar-refractivity contribution in [3.63, 3.8) is 0 Å². The second-order valence-electron chi connectivity index (χ2n) is 5.53. The predicted octanol–water partition coefficient (Wildman–Crippen LogP) is 3.18. The van der Waals surface area contributed by atoms with Crippen molar-refractivity contribution in [2.24, 2.45) is 0 Å². The maximum atomic E-state index is 11.9. The van der Waals surface area contributed by atoms with Gasteiger partial charge in [-0.1, -0.05) is 0 Å². The van der Waals surface area contributed by atoms with Crippen LogP contribution >= 0.6 is 22.7 Å². The summed E-state index contributed by atoms with van der Waals surface area (Å²) in [5.74, 6) is 0.639. The van der Waals surface area contributed by atoms with Crippen LogP contribution in [0.3, 0.4) is 0 Å². The Morgan fingerprint density at radius 3 is 3.00 bits per heavy atom. The monoisotopic (exact) mass is 337 g/mol. The molecule has 2 aromatic heterocycles. The van der Waals surface area contributed by atoms with E-state index in [9.17, 15) is 9.90 Å². The van der Waals surface area contributed by atoms with Gasteiger partial charge in [0.1, 0.15) is 0 Å². The molecule has 7 heteroatoms. The fourth-order valence-corrected chi connectivity index (χ4v) is 3.90. The number of aliphatic hydroxyl groups excluding tert-OH is 1. The number of aliphatic hydroxyl groups is 1. The third-order valence-electron chi connectivity index (χ3n) is 3.64. The Hall–Kier alpha value is -1.44. The predicted molar refractivity (Wildman–Crippen MR) is 88.3 cm³/mol. The number of hydrogen-bond donors (Lipinski definition) is 3. The zero-order valence-corrected chi connectivity index (χ0v) is 13.9. The summed E-state index contributed by atoms with van der Waals surface area (Å²) < 4.78 is 0. The fraction of sp³-hybridized carbons (Fsp3) is 0.467. The largest absolute Gasteiger partial charge is 0.387 e. The molecule has 0 aliphatic heterocycles. The molecule has 118 valence electrons. The number of rotatable bonds is 6. The molecule has 5 nitrogen and oxygen atoms in total. The van der Waals surface area contributed by atoms with Gasteiger partial charge < -0.3 is 15.7 Å². The maximum absolute atomic E-state index is 11.9. The molecule has 0 spiro atoms. The molecule has 0 aromatic carbocycles. The molecule has 1 aliphatic rings. The minimum Gasteiger partial charge on any atom is -0.387 e. The highest BCUT2D eigenvalue weighted by molar-refractivity contribution is 7.09. The number of nitrogens with one attached hydrogen (secondary N) is 2. The van der Waals surface area contributed by atoms with Crippen LogP contribution in [0.4, 0.5) is 4.79 Å². The van der Waals surface area contributed by atoms with Crippen molar-refractivity contribution in [3.8, 4) is 0 Å². The molecular formula is C15H19N3O2S2. The van der Waals surface area contributed by atoms with Crippen LogP contribution in [-0.2, 0) is 0 Å². The van der Waals surface area contributed by atoms with Crippen molar-refractivity contribution >= 4 is 28.7 Å². The molecule has 2 aromatic rings. The van der Waals surface area contributed by atoms with Crippen LogP contribution < -0.4 is 10.6 Å². The minimum absolute atomic E-state index is 0.137. The lowest BCUT2D eigenvalue weighted by atomic mass is 10.2. The minimum atomic E-state index is -0.673. The number of carbonyl (C=O) groups is 1. The van der Waals surface area contributed by atoms with Crippen LogP contribution in [0.5, 0.6) is 0 Å². The summed E-state index contributed by atoms with van der Waals surface area (Å²) in [4.78, 5) is 16.5. The normalized spacial score (nSPS) is 17.0. The van der Waals surface area contributed by atoms with Gasteiger partial charge >= 0.3 is 6.03 Å². The van der Waals surface area contributed by atoms with Gasteiger partial charge in [-0.05, 0) is 42.2 Å². The van der Waals surface area contributed by atoms with Crippen molar-refractivity contribution in [1.82, 2.24) is 15.6 Å². The number of hydrogen-bond acceptors (Lipinski definition) is 5. The third-order valence-corrected chi connectivity index (χ3v) is 5.37. The smallest absolute Gasteiger partial charge is 0.315 e. The number of aromatic nitrogens is 1. The van der Waals surface area contributed by atoms with Crippen molar-refractivity contribution in [2.45, 2.75) is 37.8 Å². The lowest BCUT2D eigenvalue weighted by molar-refractivity contribution is 0.173. The number of amides is 2. The Bertz CT molecular complexity index is 623. The van der Waals surface area contributed by atoms with Gasteiger partial charge in [0.2, 0.25) is 0 Å². The number of carbonyl (C=O) groups excluding carboxylic acids is 1. The second kappa shape index (κ2) is 6.76. The highest BCUT2D eigenvalue weighted by atomic mass is 32.1. The quantitative estimate of drug-likeness (QED) is 0.758. The summed E-state index contributed by atoms with van der Waals surface area (Å²) in [5.41, 5.74) is 1.73. The summed E-state index contributed by atoms with van der Waals surface area (Å²) in [7, 11) is 0. The topological polar surface area (TPSA) is 74.2 Å². The van der Waals surface area contributed by atoms with Gasteiger partial charge in [0.25, 0.3) is 0 Å². The Morgan fingerprint density at radius 1 is 1.50 bits per heavy atom. The Kier molecular flexibility index (Phi) is 4.75. The average molecular weight is 337 g/mol. The number of thiazole rings is 1. The Labute approximate surface area is 137 Å². The van der Waals surface area contributed by atoms with Gasteiger partial charge in [-0.25, -0.2) is 9.78 Å². The molecule has 0 bridgehead atoms. The standard InChI is InChI=1S/C15H19N3O2S2/c1-9(12-8-22-14(18-12)10-2-3-10)17-15(20)16-6-13(19)11-4-5-21-7-11/h4-5,7-10,13,19H,2-3,6H2,1H3,(H2,16,17,20)/t9-,13+/m0/s1. The third kappa shape index (κ3) is 3.85. The molecule has 0 radical (unpaired) electrons. The van der Waals surface area contributed by atoms with E-state index < -0.39 is 6.10 Å². The van der Waals surface area contributed by atoms with E-state index in [2.05, 4.69) is 15.6 Å². The van der Waals surface area contributed by atoms with E-state index in [1.165, 1.54) is 29.2 Å². The van der Waals surface area contributed by atoms with Gasteiger partial charge in [-0.3, -0.25) is 0 Å². The second-order valence-corrected chi connectivity index (χ2v) is 7.20. The first-order valence-corrected chi connectivity index (χ1v) is 9.15. The van der Waals surface area contributed by atoms with Crippen LogP contribution in [0, 0.1) is 0 Å². The fourth-order valence-electron chi connectivity index (χ4n) is 2.11. The first kappa shape index (κ1) is 15.5. The van der Waals surface area contributed by atoms with Gasteiger partial charge in [-0.15, -0.1) is 11.3 Å². The molecule has 1 fully saturated rings. The van der Waals surface area contributed by atoms with Crippen LogP contribution in [0.2, 0.25) is 0 Å². The van der Waals surface area contributed by atoms with Crippen LogP contribution in [-0.4, -0.2) is 22.7 Å². The zero-order valence-electron chi connectivity index (χ0n) is 12.3. The molecule has 2 atom stereocenters. The molecule has 22 heavy (non-hydrogen) atoms. The molecular weight excluding hydrogens is 318 g/mol. The van der Waals surface area contributed by atoms with E-state index in [1.807, 2.05) is 29.1 Å². The summed E-state index contributed by atoms with van der Waals surface area (Å²) >= 11 is 3.19. The van der Waals surface area contributed by atoms with Crippen LogP contribution in [0.25, 0.3) is 0 Å². The maximum Gasteiger partial charge on any atom is 0.315 e. The van der Waals surface area contributed by atoms with Crippen molar-refractivity contribution in [1.29, 1.82) is 0 Å². The van der Waals surface area contributed by atoms with Gasteiger partial charge in [0.15, 0.2) is 0 Å². The number of urea groups is 1. The van der Waals surface area contributed by atoms with Crippen molar-refractivity contribution < 1.29 is 9.90 Å². The summed E-state index contributed by atoms with van der Waals surface area (Å²) in [6, 6.07) is 1.43. The lowest BCUT2D eigenvalue weighted by Crippen LogP contribution is -2.39. The first-order valence-electron chi connectivity index (χ1n) is 7.33. The summed E-state index contributed by atoms with van der Waals surface area (Å²) in [6.45, 7) is 2.11. The van der Waals surface area contributed by atoms with Crippen LogP contribution in [0.15, 0.2) is 22.2 Å². The summed E-state index contributed by atoms with van der Waals surface area (Å²) in [6.07, 6.45) is 1.79. The van der Waals surface area contributed by atoms with Crippen molar-refractivity contribution in [2.75, 3.05) is 6.54 Å².